The van der Waals surface area contributed by atoms with Crippen molar-refractivity contribution < 1.29 is 13.9 Å². The van der Waals surface area contributed by atoms with Crippen LogP contribution in [0.2, 0.25) is 0 Å². The Morgan fingerprint density at radius 2 is 1.67 bits per heavy atom. The van der Waals surface area contributed by atoms with Gasteiger partial charge in [-0.3, -0.25) is 0 Å². The Hall–Kier alpha value is -2.03. The normalized spacial score (nSPS) is 10.2. The quantitative estimate of drug-likeness (QED) is 0.819. The van der Waals surface area contributed by atoms with E-state index in [4.69, 9.17) is 9.47 Å². The lowest BCUT2D eigenvalue weighted by Gasteiger charge is -2.11. The second-order valence-corrected chi connectivity index (χ2v) is 4.05. The van der Waals surface area contributed by atoms with Gasteiger partial charge in [0.15, 0.2) is 0 Å². The van der Waals surface area contributed by atoms with Crippen LogP contribution < -0.4 is 9.47 Å². The highest BCUT2D eigenvalue weighted by Crippen LogP contribution is 2.35. The van der Waals surface area contributed by atoms with Crippen LogP contribution in [0.1, 0.15) is 5.56 Å². The van der Waals surface area contributed by atoms with Gasteiger partial charge < -0.3 is 9.47 Å². The Balaban J connectivity index is 2.60. The number of benzene rings is 2. The molecular formula is C15H15FO2. The summed E-state index contributed by atoms with van der Waals surface area (Å²) in [5, 5.41) is 0. The molecule has 3 heteroatoms. The summed E-state index contributed by atoms with van der Waals surface area (Å²) in [5.41, 5.74) is 2.09. The first-order valence-electron chi connectivity index (χ1n) is 5.64. The van der Waals surface area contributed by atoms with Crippen LogP contribution in [0.5, 0.6) is 11.5 Å². The van der Waals surface area contributed by atoms with E-state index in [1.165, 1.54) is 6.07 Å². The third kappa shape index (κ3) is 2.30. The molecule has 0 fully saturated rings. The van der Waals surface area contributed by atoms with Gasteiger partial charge >= 0.3 is 0 Å². The van der Waals surface area contributed by atoms with Gasteiger partial charge in [0.1, 0.15) is 17.3 Å². The molecule has 18 heavy (non-hydrogen) atoms. The van der Waals surface area contributed by atoms with Crippen LogP contribution in [0.4, 0.5) is 4.39 Å². The fourth-order valence-electron chi connectivity index (χ4n) is 1.86. The largest absolute Gasteiger partial charge is 0.497 e. The summed E-state index contributed by atoms with van der Waals surface area (Å²) in [7, 11) is 3.15. The average Bonchev–Trinajstić information content (AvgIpc) is 2.38. The summed E-state index contributed by atoms with van der Waals surface area (Å²) in [5.74, 6) is 1.03. The third-order valence-electron chi connectivity index (χ3n) is 2.82. The zero-order valence-corrected chi connectivity index (χ0v) is 10.7. The van der Waals surface area contributed by atoms with Crippen LogP contribution >= 0.6 is 0 Å². The highest BCUT2D eigenvalue weighted by atomic mass is 19.1. The van der Waals surface area contributed by atoms with E-state index < -0.39 is 0 Å². The van der Waals surface area contributed by atoms with Gasteiger partial charge in [-0.05, 0) is 36.8 Å². The Labute approximate surface area is 106 Å². The van der Waals surface area contributed by atoms with E-state index in [1.807, 2.05) is 13.0 Å². The fourth-order valence-corrected chi connectivity index (χ4v) is 1.86. The van der Waals surface area contributed by atoms with Gasteiger partial charge in [0.25, 0.3) is 0 Å². The predicted octanol–water partition coefficient (Wildman–Crippen LogP) is 3.82. The number of hydrogen-bond acceptors (Lipinski definition) is 2. The van der Waals surface area contributed by atoms with E-state index in [2.05, 4.69) is 0 Å². The first-order chi connectivity index (χ1) is 8.65. The fraction of sp³-hybridized carbons (Fsp3) is 0.200. The van der Waals surface area contributed by atoms with Gasteiger partial charge in [-0.1, -0.05) is 12.1 Å². The average molecular weight is 246 g/mol. The number of aryl methyl sites for hydroxylation is 1. The lowest BCUT2D eigenvalue weighted by atomic mass is 10.0. The molecule has 0 atom stereocenters. The molecule has 0 amide bonds. The van der Waals surface area contributed by atoms with E-state index in [-0.39, 0.29) is 5.82 Å². The highest BCUT2D eigenvalue weighted by Gasteiger charge is 2.11. The van der Waals surface area contributed by atoms with Crippen molar-refractivity contribution in [3.05, 3.63) is 47.8 Å². The van der Waals surface area contributed by atoms with Crippen LogP contribution in [0.25, 0.3) is 11.1 Å². The lowest BCUT2D eigenvalue weighted by molar-refractivity contribution is 0.404. The summed E-state index contributed by atoms with van der Waals surface area (Å²) in [6.45, 7) is 1.86. The molecule has 2 rings (SSSR count). The molecule has 0 saturated carbocycles. The van der Waals surface area contributed by atoms with E-state index in [0.29, 0.717) is 22.6 Å². The molecule has 0 aliphatic carbocycles. The first-order valence-corrected chi connectivity index (χ1v) is 5.64. The molecule has 0 heterocycles. The molecule has 0 N–H and O–H groups in total. The van der Waals surface area contributed by atoms with Crippen LogP contribution in [0.15, 0.2) is 36.4 Å². The molecule has 2 aromatic rings. The Kier molecular flexibility index (Phi) is 3.51. The lowest BCUT2D eigenvalue weighted by Crippen LogP contribution is -1.92. The van der Waals surface area contributed by atoms with Crippen molar-refractivity contribution in [2.45, 2.75) is 6.92 Å². The van der Waals surface area contributed by atoms with Crippen LogP contribution in [-0.2, 0) is 0 Å². The highest BCUT2D eigenvalue weighted by molar-refractivity contribution is 5.72. The molecule has 0 spiro atoms. The summed E-state index contributed by atoms with van der Waals surface area (Å²) in [6, 6.07) is 10.5. The van der Waals surface area contributed by atoms with Crippen molar-refractivity contribution in [2.24, 2.45) is 0 Å². The summed E-state index contributed by atoms with van der Waals surface area (Å²) >= 11 is 0. The van der Waals surface area contributed by atoms with E-state index >= 15 is 0 Å². The maximum Gasteiger partial charge on any atom is 0.131 e. The Morgan fingerprint density at radius 3 is 2.28 bits per heavy atom. The van der Waals surface area contributed by atoms with Crippen LogP contribution in [0, 0.1) is 12.7 Å². The van der Waals surface area contributed by atoms with Gasteiger partial charge in [-0.25, -0.2) is 4.39 Å². The van der Waals surface area contributed by atoms with E-state index in [1.54, 1.807) is 38.5 Å². The minimum Gasteiger partial charge on any atom is -0.497 e. The van der Waals surface area contributed by atoms with Crippen molar-refractivity contribution in [3.63, 3.8) is 0 Å². The zero-order chi connectivity index (χ0) is 13.1. The topological polar surface area (TPSA) is 18.5 Å². The number of methoxy groups -OCH3 is 2. The van der Waals surface area contributed by atoms with E-state index in [0.717, 1.165) is 5.56 Å². The maximum absolute atomic E-state index is 14.0. The Bertz CT molecular complexity index is 564. The van der Waals surface area contributed by atoms with Gasteiger partial charge in [0.2, 0.25) is 0 Å². The van der Waals surface area contributed by atoms with E-state index in [9.17, 15) is 4.39 Å². The zero-order valence-electron chi connectivity index (χ0n) is 10.7. The van der Waals surface area contributed by atoms with Crippen molar-refractivity contribution in [1.82, 2.24) is 0 Å². The van der Waals surface area contributed by atoms with Crippen molar-refractivity contribution in [3.8, 4) is 22.6 Å². The predicted molar refractivity (Wildman–Crippen MR) is 69.7 cm³/mol. The molecule has 2 aromatic carbocycles. The second-order valence-electron chi connectivity index (χ2n) is 4.05. The number of hydrogen-bond donors (Lipinski definition) is 0. The van der Waals surface area contributed by atoms with Crippen molar-refractivity contribution >= 4 is 0 Å². The second kappa shape index (κ2) is 5.08. The monoisotopic (exact) mass is 246 g/mol. The number of halogens is 1. The maximum atomic E-state index is 14.0. The van der Waals surface area contributed by atoms with Gasteiger partial charge in [-0.2, -0.15) is 0 Å². The molecule has 0 radical (unpaired) electrons. The van der Waals surface area contributed by atoms with Gasteiger partial charge in [0, 0.05) is 11.1 Å². The Morgan fingerprint density at radius 1 is 0.889 bits per heavy atom. The van der Waals surface area contributed by atoms with Crippen molar-refractivity contribution in [1.29, 1.82) is 0 Å². The SMILES string of the molecule is COc1ccc(OC)c(-c2ccc(C)cc2F)c1. The molecule has 2 nitrogen and oxygen atoms in total. The third-order valence-corrected chi connectivity index (χ3v) is 2.82. The summed E-state index contributed by atoms with van der Waals surface area (Å²) in [4.78, 5) is 0. The smallest absolute Gasteiger partial charge is 0.131 e. The molecule has 0 bridgehead atoms. The van der Waals surface area contributed by atoms with Gasteiger partial charge in [-0.15, -0.1) is 0 Å². The standard InChI is InChI=1S/C15H15FO2/c1-10-4-6-12(14(16)8-10)13-9-11(17-2)5-7-15(13)18-3/h4-9H,1-3H3. The molecule has 0 aromatic heterocycles. The molecule has 0 aliphatic heterocycles. The summed E-state index contributed by atoms with van der Waals surface area (Å²) < 4.78 is 24.4. The van der Waals surface area contributed by atoms with Gasteiger partial charge in [0.05, 0.1) is 14.2 Å². The molecule has 94 valence electrons. The summed E-state index contributed by atoms with van der Waals surface area (Å²) in [6.07, 6.45) is 0. The minimum absolute atomic E-state index is 0.262. The molecular weight excluding hydrogens is 231 g/mol. The number of rotatable bonds is 3. The van der Waals surface area contributed by atoms with Crippen LogP contribution in [-0.4, -0.2) is 14.2 Å². The van der Waals surface area contributed by atoms with Crippen LogP contribution in [0.3, 0.4) is 0 Å². The number of ether oxygens (including phenoxy) is 2. The first kappa shape index (κ1) is 12.4. The molecule has 0 unspecified atom stereocenters. The molecule has 0 saturated heterocycles. The van der Waals surface area contributed by atoms with Crippen molar-refractivity contribution in [2.75, 3.05) is 14.2 Å². The molecule has 0 aliphatic rings. The minimum atomic E-state index is -0.262.